The van der Waals surface area contributed by atoms with E-state index in [1.165, 1.54) is 0 Å². The number of ether oxygens (including phenoxy) is 1. The van der Waals surface area contributed by atoms with Crippen LogP contribution < -0.4 is 0 Å². The molecular formula is C6H12O4. The highest BCUT2D eigenvalue weighted by molar-refractivity contribution is 5.74. The van der Waals surface area contributed by atoms with E-state index in [1.54, 1.807) is 13.8 Å². The van der Waals surface area contributed by atoms with Gasteiger partial charge < -0.3 is 14.9 Å². The standard InChI is InChI=1S/C6H12O4/c1-4(2)10-6(3,9)5(7)8/h4,9H,1-3H3,(H,7,8). The number of carboxylic acid groups (broad SMARTS) is 1. The van der Waals surface area contributed by atoms with Gasteiger partial charge in [0, 0.05) is 6.92 Å². The molecule has 0 aromatic heterocycles. The summed E-state index contributed by atoms with van der Waals surface area (Å²) in [4.78, 5) is 10.2. The Hall–Kier alpha value is -0.610. The van der Waals surface area contributed by atoms with Crippen molar-refractivity contribution in [3.05, 3.63) is 0 Å². The zero-order valence-corrected chi connectivity index (χ0v) is 6.29. The summed E-state index contributed by atoms with van der Waals surface area (Å²) in [7, 11) is 0. The molecule has 2 N–H and O–H groups in total. The van der Waals surface area contributed by atoms with Gasteiger partial charge in [-0.3, -0.25) is 0 Å². The van der Waals surface area contributed by atoms with Gasteiger partial charge in [0.1, 0.15) is 0 Å². The van der Waals surface area contributed by atoms with E-state index in [2.05, 4.69) is 4.74 Å². The highest BCUT2D eigenvalue weighted by Crippen LogP contribution is 2.08. The van der Waals surface area contributed by atoms with Gasteiger partial charge in [0.05, 0.1) is 6.10 Å². The number of carbonyl (C=O) groups is 1. The molecule has 0 spiro atoms. The van der Waals surface area contributed by atoms with Crippen LogP contribution in [0.25, 0.3) is 0 Å². The molecule has 4 heteroatoms. The van der Waals surface area contributed by atoms with E-state index in [1.807, 2.05) is 0 Å². The van der Waals surface area contributed by atoms with E-state index in [0.29, 0.717) is 0 Å². The van der Waals surface area contributed by atoms with Crippen molar-refractivity contribution in [3.63, 3.8) is 0 Å². The smallest absolute Gasteiger partial charge is 0.363 e. The molecule has 0 amide bonds. The van der Waals surface area contributed by atoms with Crippen LogP contribution in [-0.4, -0.2) is 28.1 Å². The third-order valence-corrected chi connectivity index (χ3v) is 0.862. The monoisotopic (exact) mass is 148 g/mol. The first kappa shape index (κ1) is 9.39. The first-order chi connectivity index (χ1) is 4.36. The maximum absolute atomic E-state index is 10.2. The van der Waals surface area contributed by atoms with Gasteiger partial charge in [-0.15, -0.1) is 0 Å². The first-order valence-electron chi connectivity index (χ1n) is 3.00. The lowest BCUT2D eigenvalue weighted by Gasteiger charge is -2.20. The van der Waals surface area contributed by atoms with Crippen LogP contribution in [0.3, 0.4) is 0 Å². The van der Waals surface area contributed by atoms with Crippen molar-refractivity contribution in [2.24, 2.45) is 0 Å². The van der Waals surface area contributed by atoms with Gasteiger partial charge in [0.15, 0.2) is 0 Å². The fourth-order valence-corrected chi connectivity index (χ4v) is 0.509. The van der Waals surface area contributed by atoms with Crippen LogP contribution in [0.2, 0.25) is 0 Å². The predicted octanol–water partition coefficient (Wildman–Crippen LogP) is 0.204. The molecular weight excluding hydrogens is 136 g/mol. The lowest BCUT2D eigenvalue weighted by molar-refractivity contribution is -0.227. The largest absolute Gasteiger partial charge is 0.477 e. The molecule has 0 saturated carbocycles. The fraction of sp³-hybridized carbons (Fsp3) is 0.833. The van der Waals surface area contributed by atoms with Crippen LogP contribution in [0.15, 0.2) is 0 Å². The van der Waals surface area contributed by atoms with Gasteiger partial charge in [-0.2, -0.15) is 0 Å². The van der Waals surface area contributed by atoms with Crippen molar-refractivity contribution in [3.8, 4) is 0 Å². The Morgan fingerprint density at radius 2 is 2.00 bits per heavy atom. The van der Waals surface area contributed by atoms with Crippen molar-refractivity contribution in [1.29, 1.82) is 0 Å². The number of aliphatic carboxylic acids is 1. The van der Waals surface area contributed by atoms with Crippen LogP contribution in [-0.2, 0) is 9.53 Å². The minimum Gasteiger partial charge on any atom is -0.477 e. The molecule has 4 nitrogen and oxygen atoms in total. The third-order valence-electron chi connectivity index (χ3n) is 0.862. The summed E-state index contributed by atoms with van der Waals surface area (Å²) in [6.45, 7) is 4.39. The second kappa shape index (κ2) is 2.98. The lowest BCUT2D eigenvalue weighted by Crippen LogP contribution is -2.39. The molecule has 0 radical (unpaired) electrons. The van der Waals surface area contributed by atoms with E-state index >= 15 is 0 Å². The van der Waals surface area contributed by atoms with Crippen molar-refractivity contribution < 1.29 is 19.7 Å². The third kappa shape index (κ3) is 2.80. The Morgan fingerprint density at radius 3 is 2.10 bits per heavy atom. The molecule has 0 aliphatic heterocycles. The van der Waals surface area contributed by atoms with Gasteiger partial charge in [-0.1, -0.05) is 0 Å². The minimum atomic E-state index is -2.06. The number of rotatable bonds is 3. The van der Waals surface area contributed by atoms with E-state index in [9.17, 15) is 4.79 Å². The fourth-order valence-electron chi connectivity index (χ4n) is 0.509. The number of hydrogen-bond acceptors (Lipinski definition) is 3. The van der Waals surface area contributed by atoms with Crippen molar-refractivity contribution >= 4 is 5.97 Å². The maximum atomic E-state index is 10.2. The van der Waals surface area contributed by atoms with Crippen molar-refractivity contribution in [2.75, 3.05) is 0 Å². The molecule has 0 aliphatic carbocycles. The van der Waals surface area contributed by atoms with Crippen LogP contribution in [0, 0.1) is 0 Å². The normalized spacial score (nSPS) is 16.9. The van der Waals surface area contributed by atoms with E-state index in [4.69, 9.17) is 10.2 Å². The number of carboxylic acids is 1. The molecule has 0 bridgehead atoms. The molecule has 0 fully saturated rings. The summed E-state index contributed by atoms with van der Waals surface area (Å²) in [5.74, 6) is -3.44. The topological polar surface area (TPSA) is 66.8 Å². The quantitative estimate of drug-likeness (QED) is 0.561. The van der Waals surface area contributed by atoms with Gasteiger partial charge in [0.2, 0.25) is 0 Å². The summed E-state index contributed by atoms with van der Waals surface area (Å²) in [6.07, 6.45) is -0.300. The lowest BCUT2D eigenvalue weighted by atomic mass is 10.3. The Kier molecular flexibility index (Phi) is 2.80. The van der Waals surface area contributed by atoms with E-state index in [0.717, 1.165) is 6.92 Å². The van der Waals surface area contributed by atoms with Crippen LogP contribution in [0.5, 0.6) is 0 Å². The summed E-state index contributed by atoms with van der Waals surface area (Å²) < 4.78 is 4.66. The highest BCUT2D eigenvalue weighted by atomic mass is 16.6. The summed E-state index contributed by atoms with van der Waals surface area (Å²) in [6, 6.07) is 0. The van der Waals surface area contributed by atoms with Crippen molar-refractivity contribution in [1.82, 2.24) is 0 Å². The summed E-state index contributed by atoms with van der Waals surface area (Å²) >= 11 is 0. The molecule has 0 saturated heterocycles. The second-order valence-electron chi connectivity index (χ2n) is 2.45. The maximum Gasteiger partial charge on any atom is 0.363 e. The molecule has 0 aromatic carbocycles. The van der Waals surface area contributed by atoms with Gasteiger partial charge in [0.25, 0.3) is 5.79 Å². The minimum absolute atomic E-state index is 0.300. The molecule has 0 heterocycles. The number of hydrogen-bond donors (Lipinski definition) is 2. The molecule has 60 valence electrons. The average molecular weight is 148 g/mol. The first-order valence-corrected chi connectivity index (χ1v) is 3.00. The molecule has 1 unspecified atom stereocenters. The Morgan fingerprint density at radius 1 is 1.60 bits per heavy atom. The zero-order chi connectivity index (χ0) is 8.36. The average Bonchev–Trinajstić information content (AvgIpc) is 1.60. The SMILES string of the molecule is CC(C)OC(C)(O)C(=O)O. The summed E-state index contributed by atoms with van der Waals surface area (Å²) in [5, 5.41) is 17.3. The van der Waals surface area contributed by atoms with Crippen LogP contribution >= 0.6 is 0 Å². The zero-order valence-electron chi connectivity index (χ0n) is 6.29. The molecule has 1 atom stereocenters. The highest BCUT2D eigenvalue weighted by Gasteiger charge is 2.31. The Labute approximate surface area is 59.4 Å². The Bertz CT molecular complexity index is 128. The molecule has 0 aliphatic rings. The van der Waals surface area contributed by atoms with Crippen LogP contribution in [0.1, 0.15) is 20.8 Å². The van der Waals surface area contributed by atoms with Crippen molar-refractivity contribution in [2.45, 2.75) is 32.7 Å². The molecule has 0 aromatic rings. The number of aliphatic hydroxyl groups is 1. The molecule has 0 rings (SSSR count). The Balaban J connectivity index is 4.00. The van der Waals surface area contributed by atoms with Crippen LogP contribution in [0.4, 0.5) is 0 Å². The van der Waals surface area contributed by atoms with E-state index < -0.39 is 11.8 Å². The second-order valence-corrected chi connectivity index (χ2v) is 2.45. The van der Waals surface area contributed by atoms with E-state index in [-0.39, 0.29) is 6.10 Å². The predicted molar refractivity (Wildman–Crippen MR) is 34.5 cm³/mol. The summed E-state index contributed by atoms with van der Waals surface area (Å²) in [5.41, 5.74) is 0. The van der Waals surface area contributed by atoms with Gasteiger partial charge in [-0.05, 0) is 13.8 Å². The van der Waals surface area contributed by atoms with Gasteiger partial charge >= 0.3 is 5.97 Å². The van der Waals surface area contributed by atoms with Gasteiger partial charge in [-0.25, -0.2) is 4.79 Å². The molecule has 10 heavy (non-hydrogen) atoms.